The lowest BCUT2D eigenvalue weighted by atomic mass is 9.85. The number of hydrogen-bond acceptors (Lipinski definition) is 5. The molecule has 2 aromatic heterocycles. The Morgan fingerprint density at radius 3 is 2.74 bits per heavy atom. The number of carbonyl (C=O) groups excluding carboxylic acids is 2. The first-order chi connectivity index (χ1) is 13.0. The number of furan rings is 1. The van der Waals surface area contributed by atoms with Crippen LogP contribution in [-0.4, -0.2) is 70.6 Å². The fourth-order valence-corrected chi connectivity index (χ4v) is 4.06. The zero-order valence-electron chi connectivity index (χ0n) is 15.7. The first kappa shape index (κ1) is 17.8. The van der Waals surface area contributed by atoms with Crippen LogP contribution < -0.4 is 5.32 Å². The van der Waals surface area contributed by atoms with Crippen LogP contribution in [0.4, 0.5) is 0 Å². The second kappa shape index (κ2) is 6.84. The van der Waals surface area contributed by atoms with Gasteiger partial charge in [-0.1, -0.05) is 0 Å². The summed E-state index contributed by atoms with van der Waals surface area (Å²) in [5.41, 5.74) is 0.548. The van der Waals surface area contributed by atoms with Crippen molar-refractivity contribution in [3.8, 4) is 11.5 Å². The van der Waals surface area contributed by atoms with E-state index in [4.69, 9.17) is 4.42 Å². The van der Waals surface area contributed by atoms with Crippen molar-refractivity contribution in [2.24, 2.45) is 0 Å². The molecule has 2 aliphatic rings. The van der Waals surface area contributed by atoms with Crippen LogP contribution in [0, 0.1) is 6.92 Å². The summed E-state index contributed by atoms with van der Waals surface area (Å²) in [6.45, 7) is 4.56. The van der Waals surface area contributed by atoms with E-state index in [1.807, 2.05) is 26.1 Å². The van der Waals surface area contributed by atoms with Crippen molar-refractivity contribution >= 4 is 11.8 Å². The number of amides is 2. The van der Waals surface area contributed by atoms with E-state index >= 15 is 0 Å². The van der Waals surface area contributed by atoms with Gasteiger partial charge in [0.1, 0.15) is 17.0 Å². The lowest BCUT2D eigenvalue weighted by molar-refractivity contribution is -0.134. The molecule has 27 heavy (non-hydrogen) atoms. The van der Waals surface area contributed by atoms with Gasteiger partial charge in [-0.15, -0.1) is 0 Å². The molecule has 0 aliphatic carbocycles. The number of aryl methyl sites for hydroxylation is 1. The maximum atomic E-state index is 12.9. The molecule has 2 aliphatic heterocycles. The molecule has 0 radical (unpaired) electrons. The Kier molecular flexibility index (Phi) is 4.51. The van der Waals surface area contributed by atoms with E-state index in [1.54, 1.807) is 11.0 Å². The van der Waals surface area contributed by atoms with Crippen molar-refractivity contribution in [2.75, 3.05) is 33.2 Å². The van der Waals surface area contributed by atoms with E-state index < -0.39 is 5.54 Å². The molecule has 0 bridgehead atoms. The standard InChI is InChI=1S/C19H25N5O3/c1-13-4-5-16(27-13)14-12-15(22-21-14)17(25)24-10-6-19(7-11-24)18(26)20-8-3-9-23(19)2/h4-5,12H,3,6-11H2,1-2H3,(H,20,26)(H,21,22). The van der Waals surface area contributed by atoms with Crippen molar-refractivity contribution < 1.29 is 14.0 Å². The number of carbonyl (C=O) groups is 2. The summed E-state index contributed by atoms with van der Waals surface area (Å²) in [5, 5.41) is 10.1. The third-order valence-electron chi connectivity index (χ3n) is 5.79. The van der Waals surface area contributed by atoms with Gasteiger partial charge in [-0.25, -0.2) is 0 Å². The number of piperidine rings is 1. The fourth-order valence-electron chi connectivity index (χ4n) is 4.06. The number of aromatic nitrogens is 2. The van der Waals surface area contributed by atoms with Gasteiger partial charge in [0.15, 0.2) is 11.5 Å². The average Bonchev–Trinajstić information content (AvgIpc) is 3.30. The number of rotatable bonds is 2. The van der Waals surface area contributed by atoms with E-state index in [2.05, 4.69) is 20.4 Å². The molecule has 2 saturated heterocycles. The van der Waals surface area contributed by atoms with Crippen molar-refractivity contribution in [1.82, 2.24) is 25.3 Å². The Morgan fingerprint density at radius 1 is 1.26 bits per heavy atom. The highest BCUT2D eigenvalue weighted by Gasteiger charge is 2.46. The van der Waals surface area contributed by atoms with E-state index in [1.165, 1.54) is 0 Å². The highest BCUT2D eigenvalue weighted by atomic mass is 16.3. The summed E-state index contributed by atoms with van der Waals surface area (Å²) < 4.78 is 5.57. The average molecular weight is 371 g/mol. The second-order valence-corrected chi connectivity index (χ2v) is 7.43. The minimum atomic E-state index is -0.504. The minimum absolute atomic E-state index is 0.0878. The predicted octanol–water partition coefficient (Wildman–Crippen LogP) is 1.40. The van der Waals surface area contributed by atoms with Gasteiger partial charge in [0.25, 0.3) is 5.91 Å². The summed E-state index contributed by atoms with van der Waals surface area (Å²) in [5.74, 6) is 1.44. The number of hydrogen-bond donors (Lipinski definition) is 2. The molecular formula is C19H25N5O3. The van der Waals surface area contributed by atoms with Gasteiger partial charge < -0.3 is 14.6 Å². The number of nitrogens with one attached hydrogen (secondary N) is 2. The van der Waals surface area contributed by atoms with Crippen LogP contribution in [0.25, 0.3) is 11.5 Å². The number of likely N-dealkylation sites (N-methyl/N-ethyl adjacent to an activating group) is 1. The fraction of sp³-hybridized carbons (Fsp3) is 0.526. The summed E-state index contributed by atoms with van der Waals surface area (Å²) in [4.78, 5) is 29.4. The van der Waals surface area contributed by atoms with Crippen molar-refractivity contribution in [1.29, 1.82) is 0 Å². The molecule has 0 saturated carbocycles. The molecule has 8 nitrogen and oxygen atoms in total. The van der Waals surface area contributed by atoms with Crippen LogP contribution in [0.1, 0.15) is 35.5 Å². The van der Waals surface area contributed by atoms with Gasteiger partial charge in [-0.3, -0.25) is 19.6 Å². The van der Waals surface area contributed by atoms with Gasteiger partial charge in [0, 0.05) is 32.2 Å². The van der Waals surface area contributed by atoms with Crippen molar-refractivity contribution in [3.63, 3.8) is 0 Å². The van der Waals surface area contributed by atoms with Gasteiger partial charge in [-0.2, -0.15) is 5.10 Å². The molecule has 2 aromatic rings. The smallest absolute Gasteiger partial charge is 0.274 e. The summed E-state index contributed by atoms with van der Waals surface area (Å²) in [6.07, 6.45) is 2.22. The summed E-state index contributed by atoms with van der Waals surface area (Å²) >= 11 is 0. The zero-order chi connectivity index (χ0) is 19.0. The largest absolute Gasteiger partial charge is 0.460 e. The first-order valence-electron chi connectivity index (χ1n) is 9.41. The molecule has 1 spiro atoms. The minimum Gasteiger partial charge on any atom is -0.460 e. The number of likely N-dealkylation sites (tertiary alicyclic amines) is 1. The Balaban J connectivity index is 1.46. The monoisotopic (exact) mass is 371 g/mol. The molecule has 2 fully saturated rings. The summed E-state index contributed by atoms with van der Waals surface area (Å²) in [6, 6.07) is 5.44. The molecule has 8 heteroatoms. The molecule has 0 unspecified atom stereocenters. The Morgan fingerprint density at radius 2 is 2.04 bits per heavy atom. The van der Waals surface area contributed by atoms with Crippen molar-refractivity contribution in [3.05, 3.63) is 29.7 Å². The van der Waals surface area contributed by atoms with Crippen LogP contribution >= 0.6 is 0 Å². The van der Waals surface area contributed by atoms with Crippen molar-refractivity contribution in [2.45, 2.75) is 31.7 Å². The van der Waals surface area contributed by atoms with Crippen LogP contribution in [0.15, 0.2) is 22.6 Å². The van der Waals surface area contributed by atoms with Crippen LogP contribution in [-0.2, 0) is 4.79 Å². The third kappa shape index (κ3) is 3.14. The molecular weight excluding hydrogens is 346 g/mol. The highest BCUT2D eigenvalue weighted by molar-refractivity contribution is 5.94. The molecule has 0 atom stereocenters. The third-order valence-corrected chi connectivity index (χ3v) is 5.79. The van der Waals surface area contributed by atoms with Crippen LogP contribution in [0.5, 0.6) is 0 Å². The predicted molar refractivity (Wildman–Crippen MR) is 99.2 cm³/mol. The number of aromatic amines is 1. The molecule has 144 valence electrons. The first-order valence-corrected chi connectivity index (χ1v) is 9.41. The number of nitrogens with zero attached hydrogens (tertiary/aromatic N) is 3. The van der Waals surface area contributed by atoms with Crippen LogP contribution in [0.2, 0.25) is 0 Å². The second-order valence-electron chi connectivity index (χ2n) is 7.43. The van der Waals surface area contributed by atoms with Gasteiger partial charge >= 0.3 is 0 Å². The maximum absolute atomic E-state index is 12.9. The van der Waals surface area contributed by atoms with Crippen LogP contribution in [0.3, 0.4) is 0 Å². The Hall–Kier alpha value is -2.61. The lowest BCUT2D eigenvalue weighted by Crippen LogP contribution is -2.61. The van der Waals surface area contributed by atoms with E-state index in [-0.39, 0.29) is 11.8 Å². The van der Waals surface area contributed by atoms with E-state index in [9.17, 15) is 9.59 Å². The normalized spacial score (nSPS) is 20.5. The summed E-state index contributed by atoms with van der Waals surface area (Å²) in [7, 11) is 2.01. The topological polar surface area (TPSA) is 94.5 Å². The van der Waals surface area contributed by atoms with Gasteiger partial charge in [-0.05, 0) is 45.4 Å². The van der Waals surface area contributed by atoms with Gasteiger partial charge in [0.05, 0.1) is 0 Å². The molecule has 0 aromatic carbocycles. The zero-order valence-corrected chi connectivity index (χ0v) is 15.7. The maximum Gasteiger partial charge on any atom is 0.274 e. The number of H-pyrrole nitrogens is 1. The molecule has 2 amide bonds. The SMILES string of the molecule is Cc1ccc(-c2cc(C(=O)N3CCC4(CC3)C(=O)NCCCN4C)n[nH]2)o1. The quantitative estimate of drug-likeness (QED) is 0.832. The Labute approximate surface area is 157 Å². The molecule has 2 N–H and O–H groups in total. The lowest BCUT2D eigenvalue weighted by Gasteiger charge is -2.44. The van der Waals surface area contributed by atoms with E-state index in [0.717, 1.165) is 25.3 Å². The van der Waals surface area contributed by atoms with Gasteiger partial charge in [0.2, 0.25) is 5.91 Å². The van der Waals surface area contributed by atoms with E-state index in [0.29, 0.717) is 43.1 Å². The molecule has 4 heterocycles. The highest BCUT2D eigenvalue weighted by Crippen LogP contribution is 2.30. The Bertz CT molecular complexity index is 847. The molecule has 4 rings (SSSR count).